The molecule has 5 N–H and O–H groups in total. The van der Waals surface area contributed by atoms with Crippen molar-refractivity contribution in [1.29, 1.82) is 0 Å². The van der Waals surface area contributed by atoms with Crippen LogP contribution < -0.4 is 21.7 Å². The summed E-state index contributed by atoms with van der Waals surface area (Å²) in [6.07, 6.45) is 0. The monoisotopic (exact) mass is 396 g/mol. The quantitative estimate of drug-likeness (QED) is 0.576. The Morgan fingerprint density at radius 2 is 1.45 bits per heavy atom. The third-order valence-electron chi connectivity index (χ3n) is 4.59. The van der Waals surface area contributed by atoms with Crippen molar-refractivity contribution >= 4 is 23.5 Å². The van der Waals surface area contributed by atoms with Crippen LogP contribution in [0.1, 0.15) is 48.3 Å². The lowest BCUT2D eigenvalue weighted by Crippen LogP contribution is -2.50. The second-order valence-electron chi connectivity index (χ2n) is 7.40. The Hall–Kier alpha value is -3.35. The van der Waals surface area contributed by atoms with Crippen LogP contribution in [0.4, 0.5) is 10.5 Å². The van der Waals surface area contributed by atoms with Gasteiger partial charge in [0.15, 0.2) is 0 Å². The molecule has 0 aromatic heterocycles. The van der Waals surface area contributed by atoms with Crippen LogP contribution in [0.5, 0.6) is 0 Å². The van der Waals surface area contributed by atoms with E-state index in [1.54, 1.807) is 36.4 Å². The first-order valence-electron chi connectivity index (χ1n) is 9.51. The van der Waals surface area contributed by atoms with Gasteiger partial charge in [-0.3, -0.25) is 9.59 Å². The second-order valence-corrected chi connectivity index (χ2v) is 7.40. The molecule has 2 atom stereocenters. The minimum atomic E-state index is -0.665. The number of benzene rings is 2. The van der Waals surface area contributed by atoms with Crippen molar-refractivity contribution in [2.75, 3.05) is 5.32 Å². The Kier molecular flexibility index (Phi) is 7.36. The fourth-order valence-corrected chi connectivity index (χ4v) is 2.85. The molecule has 4 amide bonds. The van der Waals surface area contributed by atoms with Crippen LogP contribution >= 0.6 is 0 Å². The molecule has 7 heteroatoms. The smallest absolute Gasteiger partial charge is 0.316 e. The van der Waals surface area contributed by atoms with E-state index in [4.69, 9.17) is 5.73 Å². The van der Waals surface area contributed by atoms with Crippen LogP contribution in [0.2, 0.25) is 0 Å². The first-order chi connectivity index (χ1) is 13.7. The van der Waals surface area contributed by atoms with Gasteiger partial charge < -0.3 is 21.7 Å². The van der Waals surface area contributed by atoms with Crippen molar-refractivity contribution in [2.45, 2.75) is 39.8 Å². The van der Waals surface area contributed by atoms with E-state index >= 15 is 0 Å². The van der Waals surface area contributed by atoms with Crippen LogP contribution in [-0.2, 0) is 4.79 Å². The Morgan fingerprint density at radius 1 is 0.862 bits per heavy atom. The Bertz CT molecular complexity index is 861. The van der Waals surface area contributed by atoms with Crippen molar-refractivity contribution in [3.05, 3.63) is 65.2 Å². The number of urea groups is 1. The Balaban J connectivity index is 2.03. The van der Waals surface area contributed by atoms with E-state index in [-0.39, 0.29) is 23.8 Å². The number of amides is 4. The lowest BCUT2D eigenvalue weighted by atomic mass is 10.0. The maximum Gasteiger partial charge on any atom is 0.316 e. The zero-order valence-electron chi connectivity index (χ0n) is 17.2. The lowest BCUT2D eigenvalue weighted by Gasteiger charge is -2.24. The van der Waals surface area contributed by atoms with E-state index in [1.165, 1.54) is 0 Å². The standard InChI is InChI=1S/C22H28N4O3/c1-13(2)19(26-20(27)17-7-5-14(3)6-8-17)21(28)24-15(4)16-9-11-18(12-10-16)25-22(23)29/h5-13,15,19H,1-4H3,(H,24,28)(H,26,27)(H3,23,25,29). The van der Waals surface area contributed by atoms with Crippen LogP contribution in [0.25, 0.3) is 0 Å². The molecule has 0 saturated heterocycles. The van der Waals surface area contributed by atoms with Gasteiger partial charge in [0, 0.05) is 11.3 Å². The third-order valence-corrected chi connectivity index (χ3v) is 4.59. The lowest BCUT2D eigenvalue weighted by molar-refractivity contribution is -0.124. The van der Waals surface area contributed by atoms with Crippen molar-refractivity contribution in [3.8, 4) is 0 Å². The number of nitrogens with one attached hydrogen (secondary N) is 3. The number of aryl methyl sites for hydroxylation is 1. The zero-order valence-corrected chi connectivity index (χ0v) is 17.2. The summed E-state index contributed by atoms with van der Waals surface area (Å²) in [5.41, 5.74) is 8.11. The predicted molar refractivity (Wildman–Crippen MR) is 113 cm³/mol. The number of anilines is 1. The molecule has 2 aromatic carbocycles. The van der Waals surface area contributed by atoms with E-state index in [0.717, 1.165) is 11.1 Å². The molecule has 7 nitrogen and oxygen atoms in total. The van der Waals surface area contributed by atoms with E-state index in [9.17, 15) is 14.4 Å². The van der Waals surface area contributed by atoms with Gasteiger partial charge in [0.1, 0.15) is 6.04 Å². The molecule has 2 unspecified atom stereocenters. The summed E-state index contributed by atoms with van der Waals surface area (Å²) >= 11 is 0. The molecule has 0 aliphatic heterocycles. The molecule has 154 valence electrons. The van der Waals surface area contributed by atoms with Crippen LogP contribution in [-0.4, -0.2) is 23.9 Å². The highest BCUT2D eigenvalue weighted by Crippen LogP contribution is 2.17. The molecule has 0 spiro atoms. The van der Waals surface area contributed by atoms with E-state index in [0.29, 0.717) is 11.3 Å². The minimum absolute atomic E-state index is 0.0845. The average Bonchev–Trinajstić information content (AvgIpc) is 2.66. The number of rotatable bonds is 7. The van der Waals surface area contributed by atoms with Crippen molar-refractivity contribution in [2.24, 2.45) is 11.7 Å². The molecule has 0 radical (unpaired) electrons. The summed E-state index contributed by atoms with van der Waals surface area (Å²) in [5, 5.41) is 8.25. The van der Waals surface area contributed by atoms with Crippen molar-refractivity contribution in [3.63, 3.8) is 0 Å². The van der Waals surface area contributed by atoms with Crippen LogP contribution in [0.3, 0.4) is 0 Å². The SMILES string of the molecule is Cc1ccc(C(=O)NC(C(=O)NC(C)c2ccc(NC(N)=O)cc2)C(C)C)cc1. The number of hydrogen-bond acceptors (Lipinski definition) is 3. The second kappa shape index (κ2) is 9.73. The fraction of sp³-hybridized carbons (Fsp3) is 0.318. The maximum absolute atomic E-state index is 12.8. The van der Waals surface area contributed by atoms with Crippen LogP contribution in [0.15, 0.2) is 48.5 Å². The van der Waals surface area contributed by atoms with E-state index < -0.39 is 12.1 Å². The molecule has 0 aliphatic carbocycles. The Morgan fingerprint density at radius 3 is 1.97 bits per heavy atom. The van der Waals surface area contributed by atoms with Gasteiger partial charge in [0.25, 0.3) is 5.91 Å². The van der Waals surface area contributed by atoms with Gasteiger partial charge in [-0.2, -0.15) is 0 Å². The molecule has 0 bridgehead atoms. The molecule has 0 aliphatic rings. The van der Waals surface area contributed by atoms with Gasteiger partial charge in [0.2, 0.25) is 5.91 Å². The molecule has 0 fully saturated rings. The van der Waals surface area contributed by atoms with Crippen molar-refractivity contribution < 1.29 is 14.4 Å². The topological polar surface area (TPSA) is 113 Å². The van der Waals surface area contributed by atoms with Gasteiger partial charge in [-0.1, -0.05) is 43.7 Å². The fourth-order valence-electron chi connectivity index (χ4n) is 2.85. The number of nitrogens with two attached hydrogens (primary N) is 1. The van der Waals surface area contributed by atoms with Gasteiger partial charge in [0.05, 0.1) is 6.04 Å². The zero-order chi connectivity index (χ0) is 21.6. The molecular weight excluding hydrogens is 368 g/mol. The van der Waals surface area contributed by atoms with Crippen LogP contribution in [0, 0.1) is 12.8 Å². The average molecular weight is 396 g/mol. The van der Waals surface area contributed by atoms with Crippen molar-refractivity contribution in [1.82, 2.24) is 10.6 Å². The molecule has 0 heterocycles. The van der Waals surface area contributed by atoms with Gasteiger partial charge in [-0.25, -0.2) is 4.79 Å². The molecule has 29 heavy (non-hydrogen) atoms. The van der Waals surface area contributed by atoms with E-state index in [1.807, 2.05) is 39.8 Å². The summed E-state index contributed by atoms with van der Waals surface area (Å²) < 4.78 is 0. The summed E-state index contributed by atoms with van der Waals surface area (Å²) in [6, 6.07) is 12.6. The third kappa shape index (κ3) is 6.34. The first-order valence-corrected chi connectivity index (χ1v) is 9.51. The van der Waals surface area contributed by atoms with E-state index in [2.05, 4.69) is 16.0 Å². The predicted octanol–water partition coefficient (Wildman–Crippen LogP) is 3.12. The molecular formula is C22H28N4O3. The summed E-state index contributed by atoms with van der Waals surface area (Å²) in [7, 11) is 0. The normalized spacial score (nSPS) is 12.7. The van der Waals surface area contributed by atoms with Gasteiger partial charge in [-0.05, 0) is 49.6 Å². The minimum Gasteiger partial charge on any atom is -0.351 e. The Labute approximate surface area is 171 Å². The number of carbonyl (C=O) groups is 3. The first kappa shape index (κ1) is 21.9. The van der Waals surface area contributed by atoms with Gasteiger partial charge in [-0.15, -0.1) is 0 Å². The largest absolute Gasteiger partial charge is 0.351 e. The molecule has 0 saturated carbocycles. The van der Waals surface area contributed by atoms with Gasteiger partial charge >= 0.3 is 6.03 Å². The highest BCUT2D eigenvalue weighted by molar-refractivity contribution is 5.97. The number of hydrogen-bond donors (Lipinski definition) is 4. The number of carbonyl (C=O) groups excluding carboxylic acids is 3. The summed E-state index contributed by atoms with van der Waals surface area (Å²) in [6.45, 7) is 7.57. The highest BCUT2D eigenvalue weighted by atomic mass is 16.2. The molecule has 2 rings (SSSR count). The molecule has 2 aromatic rings. The highest BCUT2D eigenvalue weighted by Gasteiger charge is 2.26. The number of primary amides is 1. The summed E-state index contributed by atoms with van der Waals surface area (Å²) in [4.78, 5) is 36.2. The summed E-state index contributed by atoms with van der Waals surface area (Å²) in [5.74, 6) is -0.626. The maximum atomic E-state index is 12.8.